The highest BCUT2D eigenvalue weighted by Gasteiger charge is 2.32. The maximum Gasteiger partial charge on any atom is 0.337 e. The minimum atomic E-state index is -0.444. The fraction of sp³-hybridized carbons (Fsp3) is 0.280. The second-order valence-corrected chi connectivity index (χ2v) is 8.64. The molecule has 0 spiro atoms. The van der Waals surface area contributed by atoms with Gasteiger partial charge in [-0.3, -0.25) is 9.69 Å². The second-order valence-electron chi connectivity index (χ2n) is 7.66. The molecular formula is C25H26N2O5S. The SMILES string of the molecule is COC(=O)c1cccc(NC(=O)CN2CCc3cc(OC)c(OC)cc3C2c2cccs2)c1. The van der Waals surface area contributed by atoms with Crippen LogP contribution in [0.3, 0.4) is 0 Å². The molecule has 0 bridgehead atoms. The normalized spacial score (nSPS) is 15.4. The van der Waals surface area contributed by atoms with Crippen LogP contribution in [-0.2, 0) is 16.0 Å². The van der Waals surface area contributed by atoms with Crippen molar-refractivity contribution < 1.29 is 23.8 Å². The zero-order chi connectivity index (χ0) is 23.4. The molecule has 2 heterocycles. The molecule has 1 aliphatic heterocycles. The number of hydrogen-bond donors (Lipinski definition) is 1. The molecule has 2 aromatic carbocycles. The predicted octanol–water partition coefficient (Wildman–Crippen LogP) is 4.14. The minimum Gasteiger partial charge on any atom is -0.493 e. The van der Waals surface area contributed by atoms with E-state index >= 15 is 0 Å². The van der Waals surface area contributed by atoms with E-state index in [0.717, 1.165) is 23.4 Å². The van der Waals surface area contributed by atoms with Gasteiger partial charge in [0, 0.05) is 17.1 Å². The standard InChI is InChI=1S/C25H26N2O5S/c1-30-20-13-16-9-10-27(24(22-8-5-11-33-22)19(16)14-21(20)31-2)15-23(28)26-18-7-4-6-17(12-18)25(29)32-3/h4-8,11-14,24H,9-10,15H2,1-3H3,(H,26,28). The van der Waals surface area contributed by atoms with Crippen LogP contribution in [0.25, 0.3) is 0 Å². The third kappa shape index (κ3) is 4.86. The fourth-order valence-corrected chi connectivity index (χ4v) is 5.05. The van der Waals surface area contributed by atoms with Crippen molar-refractivity contribution in [3.63, 3.8) is 0 Å². The lowest BCUT2D eigenvalue weighted by atomic mass is 9.91. The maximum absolute atomic E-state index is 13.0. The van der Waals surface area contributed by atoms with Gasteiger partial charge in [0.15, 0.2) is 11.5 Å². The predicted molar refractivity (Wildman–Crippen MR) is 127 cm³/mol. The van der Waals surface area contributed by atoms with E-state index in [9.17, 15) is 9.59 Å². The quantitative estimate of drug-likeness (QED) is 0.528. The molecule has 1 aromatic heterocycles. The van der Waals surface area contributed by atoms with Crippen LogP contribution in [0.1, 0.15) is 32.4 Å². The van der Waals surface area contributed by atoms with E-state index in [1.807, 2.05) is 23.6 Å². The number of anilines is 1. The Labute approximate surface area is 196 Å². The Morgan fingerprint density at radius 3 is 2.55 bits per heavy atom. The molecular weight excluding hydrogens is 440 g/mol. The first kappa shape index (κ1) is 22.8. The summed E-state index contributed by atoms with van der Waals surface area (Å²) in [5.74, 6) is 0.782. The van der Waals surface area contributed by atoms with Gasteiger partial charge in [0.25, 0.3) is 0 Å². The number of methoxy groups -OCH3 is 3. The Hall–Kier alpha value is -3.36. The number of fused-ring (bicyclic) bond motifs is 1. The summed E-state index contributed by atoms with van der Waals surface area (Å²) in [4.78, 5) is 28.1. The van der Waals surface area contributed by atoms with Gasteiger partial charge in [-0.15, -0.1) is 11.3 Å². The summed E-state index contributed by atoms with van der Waals surface area (Å²) >= 11 is 1.66. The minimum absolute atomic E-state index is 0.0688. The lowest BCUT2D eigenvalue weighted by molar-refractivity contribution is -0.117. The first-order chi connectivity index (χ1) is 16.0. The number of benzene rings is 2. The van der Waals surface area contributed by atoms with Crippen LogP contribution in [-0.4, -0.2) is 51.2 Å². The summed E-state index contributed by atoms with van der Waals surface area (Å²) in [5, 5.41) is 4.95. The fourth-order valence-electron chi connectivity index (χ4n) is 4.17. The van der Waals surface area contributed by atoms with Gasteiger partial charge < -0.3 is 19.5 Å². The molecule has 0 fully saturated rings. The van der Waals surface area contributed by atoms with E-state index in [1.54, 1.807) is 49.8 Å². The molecule has 1 atom stereocenters. The number of nitrogens with zero attached hydrogens (tertiary/aromatic N) is 1. The van der Waals surface area contributed by atoms with Crippen LogP contribution in [0.5, 0.6) is 11.5 Å². The second kappa shape index (κ2) is 10.1. The lowest BCUT2D eigenvalue weighted by Gasteiger charge is -2.37. The number of ether oxygens (including phenoxy) is 3. The molecule has 172 valence electrons. The van der Waals surface area contributed by atoms with Crippen molar-refractivity contribution in [3.8, 4) is 11.5 Å². The van der Waals surface area contributed by atoms with E-state index < -0.39 is 5.97 Å². The van der Waals surface area contributed by atoms with Crippen LogP contribution >= 0.6 is 11.3 Å². The molecule has 0 radical (unpaired) electrons. The average molecular weight is 467 g/mol. The Balaban J connectivity index is 1.59. The number of carbonyl (C=O) groups excluding carboxylic acids is 2. The number of amides is 1. The molecule has 0 saturated carbocycles. The zero-order valence-electron chi connectivity index (χ0n) is 18.8. The molecule has 0 saturated heterocycles. The van der Waals surface area contributed by atoms with Gasteiger partial charge in [0.05, 0.1) is 39.5 Å². The molecule has 0 aliphatic carbocycles. The van der Waals surface area contributed by atoms with E-state index in [0.29, 0.717) is 22.7 Å². The largest absolute Gasteiger partial charge is 0.493 e. The van der Waals surface area contributed by atoms with Crippen molar-refractivity contribution in [2.45, 2.75) is 12.5 Å². The Morgan fingerprint density at radius 2 is 1.85 bits per heavy atom. The van der Waals surface area contributed by atoms with Crippen LogP contribution < -0.4 is 14.8 Å². The maximum atomic E-state index is 13.0. The zero-order valence-corrected chi connectivity index (χ0v) is 19.6. The van der Waals surface area contributed by atoms with Crippen LogP contribution in [0.4, 0.5) is 5.69 Å². The molecule has 4 rings (SSSR count). The number of hydrogen-bond acceptors (Lipinski definition) is 7. The van der Waals surface area contributed by atoms with E-state index in [1.165, 1.54) is 12.7 Å². The van der Waals surface area contributed by atoms with E-state index in [4.69, 9.17) is 14.2 Å². The molecule has 1 unspecified atom stereocenters. The molecule has 33 heavy (non-hydrogen) atoms. The monoisotopic (exact) mass is 466 g/mol. The summed E-state index contributed by atoms with van der Waals surface area (Å²) in [6.45, 7) is 0.930. The van der Waals surface area contributed by atoms with Gasteiger partial charge in [-0.2, -0.15) is 0 Å². The lowest BCUT2D eigenvalue weighted by Crippen LogP contribution is -2.40. The smallest absolute Gasteiger partial charge is 0.337 e. The average Bonchev–Trinajstić information content (AvgIpc) is 3.37. The van der Waals surface area contributed by atoms with E-state index in [-0.39, 0.29) is 18.5 Å². The number of carbonyl (C=O) groups is 2. The van der Waals surface area contributed by atoms with Gasteiger partial charge in [0.1, 0.15) is 0 Å². The highest BCUT2D eigenvalue weighted by Crippen LogP contribution is 2.42. The van der Waals surface area contributed by atoms with Crippen LogP contribution in [0, 0.1) is 0 Å². The number of rotatable bonds is 7. The summed E-state index contributed by atoms with van der Waals surface area (Å²) in [6.07, 6.45) is 0.794. The van der Waals surface area contributed by atoms with Crippen molar-refractivity contribution in [1.82, 2.24) is 4.90 Å². The third-order valence-corrected chi connectivity index (χ3v) is 6.63. The molecule has 3 aromatic rings. The van der Waals surface area contributed by atoms with Gasteiger partial charge in [0.2, 0.25) is 5.91 Å². The summed E-state index contributed by atoms with van der Waals surface area (Å²) < 4.78 is 15.8. The van der Waals surface area contributed by atoms with Gasteiger partial charge in [-0.25, -0.2) is 4.79 Å². The first-order valence-corrected chi connectivity index (χ1v) is 11.4. The topological polar surface area (TPSA) is 77.1 Å². The summed E-state index contributed by atoms with van der Waals surface area (Å²) in [7, 11) is 4.59. The Kier molecular flexibility index (Phi) is 6.96. The van der Waals surface area contributed by atoms with Crippen LogP contribution in [0.15, 0.2) is 53.9 Å². The van der Waals surface area contributed by atoms with Crippen molar-refractivity contribution in [2.75, 3.05) is 39.7 Å². The summed E-state index contributed by atoms with van der Waals surface area (Å²) in [5.41, 5.74) is 3.24. The molecule has 8 heteroatoms. The van der Waals surface area contributed by atoms with E-state index in [2.05, 4.69) is 16.3 Å². The molecule has 1 N–H and O–H groups in total. The number of thiophene rings is 1. The number of nitrogens with one attached hydrogen (secondary N) is 1. The highest BCUT2D eigenvalue weighted by atomic mass is 32.1. The van der Waals surface area contributed by atoms with Gasteiger partial charge >= 0.3 is 5.97 Å². The Morgan fingerprint density at radius 1 is 1.06 bits per heavy atom. The molecule has 1 amide bonds. The Bertz CT molecular complexity index is 1150. The summed E-state index contributed by atoms with van der Waals surface area (Å²) in [6, 6.07) is 14.8. The van der Waals surface area contributed by atoms with Crippen molar-refractivity contribution in [3.05, 3.63) is 75.5 Å². The third-order valence-electron chi connectivity index (χ3n) is 5.70. The van der Waals surface area contributed by atoms with Gasteiger partial charge in [-0.1, -0.05) is 12.1 Å². The molecule has 1 aliphatic rings. The number of esters is 1. The van der Waals surface area contributed by atoms with Crippen LogP contribution in [0.2, 0.25) is 0 Å². The highest BCUT2D eigenvalue weighted by molar-refractivity contribution is 7.10. The molecule has 7 nitrogen and oxygen atoms in total. The first-order valence-electron chi connectivity index (χ1n) is 10.5. The van der Waals surface area contributed by atoms with Gasteiger partial charge in [-0.05, 0) is 59.3 Å². The van der Waals surface area contributed by atoms with Crippen molar-refractivity contribution >= 4 is 28.9 Å². The van der Waals surface area contributed by atoms with Crippen molar-refractivity contribution in [1.29, 1.82) is 0 Å². The van der Waals surface area contributed by atoms with Crippen molar-refractivity contribution in [2.24, 2.45) is 0 Å².